The van der Waals surface area contributed by atoms with Gasteiger partial charge in [-0.05, 0) is 12.1 Å². The van der Waals surface area contributed by atoms with Crippen LogP contribution in [0.2, 0.25) is 0 Å². The van der Waals surface area contributed by atoms with Crippen LogP contribution in [-0.4, -0.2) is 18.3 Å². The molecule has 0 aromatic heterocycles. The van der Waals surface area contributed by atoms with E-state index in [1.807, 2.05) is 0 Å². The first-order valence-electron chi connectivity index (χ1n) is 3.97. The molecule has 0 aliphatic carbocycles. The summed E-state index contributed by atoms with van der Waals surface area (Å²) >= 11 is 0. The van der Waals surface area contributed by atoms with Gasteiger partial charge in [0.05, 0.1) is 5.56 Å². The predicted octanol–water partition coefficient (Wildman–Crippen LogP) is 0.567. The van der Waals surface area contributed by atoms with Crippen LogP contribution >= 0.6 is 0 Å². The van der Waals surface area contributed by atoms with E-state index in [0.29, 0.717) is 11.3 Å². The zero-order chi connectivity index (χ0) is 10.6. The topological polar surface area (TPSA) is 69.4 Å². The van der Waals surface area contributed by atoms with Crippen LogP contribution in [0.3, 0.4) is 0 Å². The van der Waals surface area contributed by atoms with Crippen LogP contribution in [0.1, 0.15) is 10.4 Å². The lowest BCUT2D eigenvalue weighted by Crippen LogP contribution is -2.20. The number of rotatable bonds is 4. The van der Waals surface area contributed by atoms with Crippen LogP contribution in [0.4, 0.5) is 0 Å². The van der Waals surface area contributed by atoms with Crippen molar-refractivity contribution in [1.29, 1.82) is 0 Å². The highest BCUT2D eigenvalue weighted by atomic mass is 16.5. The van der Waals surface area contributed by atoms with E-state index in [1.54, 1.807) is 24.3 Å². The van der Waals surface area contributed by atoms with Gasteiger partial charge in [0.15, 0.2) is 12.4 Å². The number of carbonyl (C=O) groups excluding carboxylic acids is 2. The van der Waals surface area contributed by atoms with Gasteiger partial charge in [0.1, 0.15) is 5.75 Å². The second kappa shape index (κ2) is 4.41. The van der Waals surface area contributed by atoms with E-state index in [-0.39, 0.29) is 12.4 Å². The normalized spacial score (nSPS) is 9.50. The Morgan fingerprint density at radius 3 is 2.57 bits per heavy atom. The maximum atomic E-state index is 11.0. The number of primary amides is 1. The second-order valence-corrected chi connectivity index (χ2v) is 2.67. The van der Waals surface area contributed by atoms with Gasteiger partial charge in [0.25, 0.3) is 5.91 Å². The minimum absolute atomic E-state index is 0.246. The van der Waals surface area contributed by atoms with Crippen molar-refractivity contribution in [3.05, 3.63) is 36.8 Å². The van der Waals surface area contributed by atoms with Crippen LogP contribution in [-0.2, 0) is 4.79 Å². The highest BCUT2D eigenvalue weighted by Crippen LogP contribution is 2.17. The van der Waals surface area contributed by atoms with Crippen LogP contribution in [0, 0.1) is 6.92 Å². The molecule has 0 fully saturated rings. The molecule has 14 heavy (non-hydrogen) atoms. The quantitative estimate of drug-likeness (QED) is 0.709. The molecule has 1 radical (unpaired) electrons. The first-order chi connectivity index (χ1) is 6.61. The van der Waals surface area contributed by atoms with Crippen molar-refractivity contribution in [1.82, 2.24) is 0 Å². The molecule has 4 heteroatoms. The monoisotopic (exact) mass is 192 g/mol. The summed E-state index contributed by atoms with van der Waals surface area (Å²) in [5.41, 5.74) is 5.24. The molecular weight excluding hydrogens is 182 g/mol. The van der Waals surface area contributed by atoms with Gasteiger partial charge in [-0.1, -0.05) is 12.1 Å². The standard InChI is InChI=1S/C10H10NO3/c1-7(12)8-4-2-3-5-9(8)14-6-10(11)13/h2-5H,1,6H2,(H2,11,13). The van der Waals surface area contributed by atoms with Crippen LogP contribution in [0.5, 0.6) is 5.75 Å². The van der Waals surface area contributed by atoms with Crippen LogP contribution < -0.4 is 10.5 Å². The number of para-hydroxylation sites is 1. The molecule has 0 atom stereocenters. The van der Waals surface area contributed by atoms with E-state index in [1.165, 1.54) is 0 Å². The fourth-order valence-corrected chi connectivity index (χ4v) is 0.972. The number of nitrogens with two attached hydrogens (primary N) is 1. The molecule has 73 valence electrons. The molecular formula is C10H10NO3. The first kappa shape index (κ1) is 10.2. The number of ketones is 1. The Hall–Kier alpha value is -1.84. The van der Waals surface area contributed by atoms with Gasteiger partial charge in [0.2, 0.25) is 0 Å². The summed E-state index contributed by atoms with van der Waals surface area (Å²) in [5, 5.41) is 0. The molecule has 0 saturated carbocycles. The average Bonchev–Trinajstić information content (AvgIpc) is 2.15. The van der Waals surface area contributed by atoms with Crippen molar-refractivity contribution in [3.8, 4) is 5.75 Å². The average molecular weight is 192 g/mol. The molecule has 4 nitrogen and oxygen atoms in total. The highest BCUT2D eigenvalue weighted by molar-refractivity contribution is 6.01. The molecule has 1 amide bonds. The smallest absolute Gasteiger partial charge is 0.255 e. The summed E-state index contributed by atoms with van der Waals surface area (Å²) in [6, 6.07) is 6.55. The van der Waals surface area contributed by atoms with Gasteiger partial charge < -0.3 is 10.5 Å². The minimum Gasteiger partial charge on any atom is -0.483 e. The summed E-state index contributed by atoms with van der Waals surface area (Å²) in [5.74, 6) is -0.618. The minimum atomic E-state index is -0.587. The van der Waals surface area contributed by atoms with Crippen molar-refractivity contribution in [2.45, 2.75) is 0 Å². The Balaban J connectivity index is 2.84. The largest absolute Gasteiger partial charge is 0.483 e. The molecule has 0 unspecified atom stereocenters. The Kier molecular flexibility index (Phi) is 3.23. The third kappa shape index (κ3) is 2.58. The first-order valence-corrected chi connectivity index (χ1v) is 3.97. The van der Waals surface area contributed by atoms with E-state index in [9.17, 15) is 9.59 Å². The number of Topliss-reactive ketones (excluding diaryl/α,β-unsaturated/α-hetero) is 1. The molecule has 0 bridgehead atoms. The fraction of sp³-hybridized carbons (Fsp3) is 0.100. The summed E-state index contributed by atoms with van der Waals surface area (Å²) in [7, 11) is 0. The van der Waals surface area contributed by atoms with Crippen molar-refractivity contribution >= 4 is 11.7 Å². The van der Waals surface area contributed by atoms with Crippen LogP contribution in [0.15, 0.2) is 24.3 Å². The Morgan fingerprint density at radius 1 is 1.36 bits per heavy atom. The van der Waals surface area contributed by atoms with Crippen molar-refractivity contribution < 1.29 is 14.3 Å². The number of ether oxygens (including phenoxy) is 1. The number of amides is 1. The van der Waals surface area contributed by atoms with Gasteiger partial charge in [-0.15, -0.1) is 0 Å². The predicted molar refractivity (Wildman–Crippen MR) is 50.8 cm³/mol. The molecule has 1 rings (SSSR count). The lowest BCUT2D eigenvalue weighted by atomic mass is 10.1. The number of benzene rings is 1. The Bertz CT molecular complexity index is 360. The summed E-state index contributed by atoms with van der Waals surface area (Å²) < 4.78 is 5.02. The molecule has 1 aromatic carbocycles. The molecule has 0 heterocycles. The lowest BCUT2D eigenvalue weighted by molar-refractivity contribution is -0.119. The van der Waals surface area contributed by atoms with Gasteiger partial charge in [0, 0.05) is 6.92 Å². The highest BCUT2D eigenvalue weighted by Gasteiger charge is 2.07. The summed E-state index contributed by atoms with van der Waals surface area (Å²) in [4.78, 5) is 21.5. The second-order valence-electron chi connectivity index (χ2n) is 2.67. The third-order valence-corrected chi connectivity index (χ3v) is 1.56. The maximum absolute atomic E-state index is 11.0. The Morgan fingerprint density at radius 2 is 2.00 bits per heavy atom. The third-order valence-electron chi connectivity index (χ3n) is 1.56. The zero-order valence-corrected chi connectivity index (χ0v) is 7.53. The molecule has 0 spiro atoms. The number of hydrogen-bond donors (Lipinski definition) is 1. The maximum Gasteiger partial charge on any atom is 0.255 e. The van der Waals surface area contributed by atoms with Crippen molar-refractivity contribution in [2.24, 2.45) is 5.73 Å². The number of carbonyl (C=O) groups is 2. The fourth-order valence-electron chi connectivity index (χ4n) is 0.972. The summed E-state index contributed by atoms with van der Waals surface area (Å²) in [6.07, 6.45) is 0. The SMILES string of the molecule is [CH2]C(=O)c1ccccc1OCC(N)=O. The van der Waals surface area contributed by atoms with E-state index in [4.69, 9.17) is 10.5 Å². The van der Waals surface area contributed by atoms with E-state index in [2.05, 4.69) is 6.92 Å². The lowest BCUT2D eigenvalue weighted by Gasteiger charge is -2.06. The van der Waals surface area contributed by atoms with Gasteiger partial charge in [-0.2, -0.15) is 0 Å². The molecule has 1 aromatic rings. The number of hydrogen-bond acceptors (Lipinski definition) is 3. The van der Waals surface area contributed by atoms with Crippen molar-refractivity contribution in [3.63, 3.8) is 0 Å². The van der Waals surface area contributed by atoms with Crippen molar-refractivity contribution in [2.75, 3.05) is 6.61 Å². The van der Waals surface area contributed by atoms with Crippen LogP contribution in [0.25, 0.3) is 0 Å². The molecule has 0 aliphatic rings. The molecule has 0 aliphatic heterocycles. The molecule has 0 saturated heterocycles. The summed E-state index contributed by atoms with van der Waals surface area (Å²) in [6.45, 7) is 3.02. The van der Waals surface area contributed by atoms with E-state index < -0.39 is 5.91 Å². The molecule has 2 N–H and O–H groups in total. The van der Waals surface area contributed by atoms with E-state index in [0.717, 1.165) is 0 Å². The van der Waals surface area contributed by atoms with E-state index >= 15 is 0 Å². The van der Waals surface area contributed by atoms with Gasteiger partial charge >= 0.3 is 0 Å². The zero-order valence-electron chi connectivity index (χ0n) is 7.53. The van der Waals surface area contributed by atoms with Gasteiger partial charge in [-0.25, -0.2) is 0 Å². The Labute approximate surface area is 81.7 Å². The van der Waals surface area contributed by atoms with Gasteiger partial charge in [-0.3, -0.25) is 9.59 Å².